The molecule has 17 heteroatoms. The van der Waals surface area contributed by atoms with Crippen molar-refractivity contribution >= 4 is 18.0 Å². The number of nitrogens with zero attached hydrogens (tertiary/aromatic N) is 6. The number of aliphatic imine (C=N–C) groups is 2. The summed E-state index contributed by atoms with van der Waals surface area (Å²) in [6.45, 7) is -0.347. The third-order valence-electron chi connectivity index (χ3n) is 2.85. The van der Waals surface area contributed by atoms with E-state index in [0.717, 1.165) is 0 Å². The Hall–Kier alpha value is -3.63. The molecule has 0 aliphatic carbocycles. The zero-order valence-corrected chi connectivity index (χ0v) is 11.3. The molecule has 0 aromatic heterocycles. The van der Waals surface area contributed by atoms with Gasteiger partial charge in [0.05, 0.1) is 0 Å². The molecule has 0 spiro atoms. The Kier molecular flexibility index (Phi) is 4.79. The van der Waals surface area contributed by atoms with Crippen LogP contribution in [0.1, 0.15) is 0 Å². The quantitative estimate of drug-likeness (QED) is 0.307. The zero-order valence-electron chi connectivity index (χ0n) is 11.3. The first kappa shape index (κ1) is 18.4. The molecule has 2 N–H and O–H groups in total. The van der Waals surface area contributed by atoms with Crippen LogP contribution >= 0.6 is 0 Å². The van der Waals surface area contributed by atoms with Gasteiger partial charge in [-0.2, -0.15) is 4.99 Å². The lowest BCUT2D eigenvalue weighted by Gasteiger charge is -2.24. The van der Waals surface area contributed by atoms with Crippen LogP contribution in [0.3, 0.4) is 0 Å². The molecule has 1 atom stereocenters. The Morgan fingerprint density at radius 3 is 1.71 bits per heavy atom. The van der Waals surface area contributed by atoms with Crippen molar-refractivity contribution in [2.24, 2.45) is 9.98 Å². The molecule has 0 aromatic rings. The van der Waals surface area contributed by atoms with Gasteiger partial charge in [-0.15, -0.1) is 0 Å². The number of carbonyl (C=O) groups is 1. The zero-order chi connectivity index (χ0) is 18.7. The number of rotatable bonds is 4. The fourth-order valence-electron chi connectivity index (χ4n) is 1.40. The van der Waals surface area contributed by atoms with Crippen LogP contribution in [-0.2, 0) is 4.79 Å². The predicted molar refractivity (Wildman–Crippen MR) is 69.9 cm³/mol. The van der Waals surface area contributed by atoms with Crippen molar-refractivity contribution in [3.63, 3.8) is 0 Å². The van der Waals surface area contributed by atoms with E-state index < -0.39 is 42.9 Å². The van der Waals surface area contributed by atoms with Crippen molar-refractivity contribution in [2.45, 2.75) is 11.4 Å². The standard InChI is InChI=1S/C4H2N4O6.C3H5N3O4/c9-3(10)4(8(13)14)5-1-2(6-4)7(11)12;7-5(8)3(6(9)10)1-4-2-3/h1H,(H,9,10);4H,1-2H2. The van der Waals surface area contributed by atoms with Gasteiger partial charge in [-0.1, -0.05) is 0 Å². The third kappa shape index (κ3) is 2.95. The largest absolute Gasteiger partial charge is 0.592 e. The normalized spacial score (nSPS) is 23.1. The minimum atomic E-state index is -3.00. The average molecular weight is 349 g/mol. The SMILES string of the molecule is O=C(O)C1([N+](=O)[O-])N=CC([N+](=O)[O-])=N1.O=[N+]([O-])C1([N+](=O)[O-])CNC1. The van der Waals surface area contributed by atoms with Gasteiger partial charge in [-0.25, -0.2) is 4.79 Å². The Balaban J connectivity index is 0.000000254. The van der Waals surface area contributed by atoms with Gasteiger partial charge in [0.15, 0.2) is 0 Å². The Labute approximate surface area is 129 Å². The minimum absolute atomic E-state index is 0.174. The van der Waals surface area contributed by atoms with Crippen molar-refractivity contribution in [3.05, 3.63) is 40.5 Å². The van der Waals surface area contributed by atoms with Gasteiger partial charge in [-0.3, -0.25) is 35.7 Å². The second-order valence-corrected chi connectivity index (χ2v) is 4.28. The smallest absolute Gasteiger partial charge is 0.471 e. The van der Waals surface area contributed by atoms with Crippen LogP contribution in [0.4, 0.5) is 0 Å². The van der Waals surface area contributed by atoms with Gasteiger partial charge in [-0.05, 0) is 4.92 Å². The monoisotopic (exact) mass is 349 g/mol. The first-order valence-corrected chi connectivity index (χ1v) is 5.66. The topological polar surface area (TPSA) is 247 Å². The van der Waals surface area contributed by atoms with E-state index in [9.17, 15) is 45.3 Å². The molecule has 0 saturated carbocycles. The van der Waals surface area contributed by atoms with Gasteiger partial charge in [0.2, 0.25) is 0 Å². The van der Waals surface area contributed by atoms with E-state index in [1.54, 1.807) is 0 Å². The number of carboxylic acids is 1. The van der Waals surface area contributed by atoms with Crippen molar-refractivity contribution in [1.82, 2.24) is 5.32 Å². The van der Waals surface area contributed by atoms with E-state index in [-0.39, 0.29) is 13.1 Å². The van der Waals surface area contributed by atoms with Crippen molar-refractivity contribution in [3.8, 4) is 0 Å². The molecule has 1 fully saturated rings. The highest BCUT2D eigenvalue weighted by Gasteiger charge is 2.62. The Morgan fingerprint density at radius 1 is 1.08 bits per heavy atom. The van der Waals surface area contributed by atoms with Crippen LogP contribution < -0.4 is 5.32 Å². The lowest BCUT2D eigenvalue weighted by atomic mass is 10.1. The van der Waals surface area contributed by atoms with Crippen molar-refractivity contribution in [1.29, 1.82) is 0 Å². The first-order valence-electron chi connectivity index (χ1n) is 5.66. The molecule has 2 rings (SSSR count). The Morgan fingerprint density at radius 2 is 1.58 bits per heavy atom. The minimum Gasteiger partial charge on any atom is -0.471 e. The third-order valence-corrected chi connectivity index (χ3v) is 2.85. The second-order valence-electron chi connectivity index (χ2n) is 4.28. The van der Waals surface area contributed by atoms with Crippen molar-refractivity contribution < 1.29 is 29.6 Å². The fourth-order valence-corrected chi connectivity index (χ4v) is 1.40. The number of hydrogen-bond acceptors (Lipinski definition) is 12. The molecule has 2 aliphatic rings. The van der Waals surface area contributed by atoms with Crippen LogP contribution in [-0.4, -0.2) is 67.4 Å². The number of nitrogens with one attached hydrogen (secondary N) is 1. The summed E-state index contributed by atoms with van der Waals surface area (Å²) < 4.78 is 0. The Bertz CT molecular complexity index is 649. The lowest BCUT2D eigenvalue weighted by Crippen LogP contribution is -2.68. The summed E-state index contributed by atoms with van der Waals surface area (Å²) in [5, 5.41) is 51.5. The van der Waals surface area contributed by atoms with Crippen molar-refractivity contribution in [2.75, 3.05) is 13.1 Å². The number of aliphatic carboxylic acids is 1. The molecule has 1 saturated heterocycles. The molecule has 17 nitrogen and oxygen atoms in total. The van der Waals surface area contributed by atoms with Crippen LogP contribution in [0.5, 0.6) is 0 Å². The predicted octanol–water partition coefficient (Wildman–Crippen LogP) is -2.40. The maximum atomic E-state index is 10.4. The number of carboxylic acid groups (broad SMARTS) is 1. The van der Waals surface area contributed by atoms with E-state index >= 15 is 0 Å². The number of hydrogen-bond donors (Lipinski definition) is 2. The summed E-state index contributed by atoms with van der Waals surface area (Å²) in [5.74, 6) is -5.93. The summed E-state index contributed by atoms with van der Waals surface area (Å²) in [6, 6.07) is 0. The summed E-state index contributed by atoms with van der Waals surface area (Å²) in [4.78, 5) is 52.6. The molecule has 24 heavy (non-hydrogen) atoms. The maximum absolute atomic E-state index is 10.4. The summed E-state index contributed by atoms with van der Waals surface area (Å²) >= 11 is 0. The molecule has 130 valence electrons. The molecule has 2 aliphatic heterocycles. The summed E-state index contributed by atoms with van der Waals surface area (Å²) in [6.07, 6.45) is 0.441. The fraction of sp³-hybridized carbons (Fsp3) is 0.571. The first-order chi connectivity index (χ1) is 11.0. The van der Waals surface area contributed by atoms with Gasteiger partial charge in [0.1, 0.15) is 34.1 Å². The molecular weight excluding hydrogens is 342 g/mol. The van der Waals surface area contributed by atoms with E-state index in [1.165, 1.54) is 0 Å². The summed E-state index contributed by atoms with van der Waals surface area (Å²) in [7, 11) is 0. The van der Waals surface area contributed by atoms with Gasteiger partial charge in [0, 0.05) is 4.99 Å². The highest BCUT2D eigenvalue weighted by molar-refractivity contribution is 6.27. The highest BCUT2D eigenvalue weighted by Crippen LogP contribution is 2.18. The number of amidine groups is 1. The molecule has 0 aromatic carbocycles. The lowest BCUT2D eigenvalue weighted by molar-refractivity contribution is -0.802. The van der Waals surface area contributed by atoms with E-state index in [4.69, 9.17) is 5.11 Å². The molecule has 0 bridgehead atoms. The molecule has 0 amide bonds. The molecule has 1 unspecified atom stereocenters. The maximum Gasteiger partial charge on any atom is 0.592 e. The highest BCUT2D eigenvalue weighted by atomic mass is 16.7. The van der Waals surface area contributed by atoms with Crippen LogP contribution in [0.25, 0.3) is 0 Å². The van der Waals surface area contributed by atoms with E-state index in [0.29, 0.717) is 6.21 Å². The van der Waals surface area contributed by atoms with Crippen LogP contribution in [0.2, 0.25) is 0 Å². The molecule has 2 heterocycles. The average Bonchev–Trinajstić information content (AvgIpc) is 2.83. The van der Waals surface area contributed by atoms with E-state index in [2.05, 4.69) is 15.3 Å². The van der Waals surface area contributed by atoms with Gasteiger partial charge < -0.3 is 15.2 Å². The molecule has 0 radical (unpaired) electrons. The molecular formula is C7H7N7O10. The number of nitro groups is 4. The summed E-state index contributed by atoms with van der Waals surface area (Å²) in [5.41, 5.74) is -1.94. The van der Waals surface area contributed by atoms with Crippen LogP contribution in [0, 0.1) is 40.5 Å². The van der Waals surface area contributed by atoms with Gasteiger partial charge in [0.25, 0.3) is 0 Å². The van der Waals surface area contributed by atoms with Gasteiger partial charge >= 0.3 is 23.3 Å². The van der Waals surface area contributed by atoms with E-state index in [1.807, 2.05) is 0 Å². The second kappa shape index (κ2) is 6.24. The van der Waals surface area contributed by atoms with Crippen LogP contribution in [0.15, 0.2) is 9.98 Å².